The van der Waals surface area contributed by atoms with Crippen LogP contribution in [-0.4, -0.2) is 12.2 Å². The zero-order chi connectivity index (χ0) is 13.0. The minimum absolute atomic E-state index is 0.298. The van der Waals surface area contributed by atoms with Gasteiger partial charge in [-0.05, 0) is 57.9 Å². The molecule has 0 atom stereocenters. The van der Waals surface area contributed by atoms with E-state index in [9.17, 15) is 5.11 Å². The zero-order valence-corrected chi connectivity index (χ0v) is 12.3. The van der Waals surface area contributed by atoms with Gasteiger partial charge in [-0.15, -0.1) is 11.8 Å². The maximum atomic E-state index is 9.21. The Morgan fingerprint density at radius 3 is 2.50 bits per heavy atom. The third-order valence-corrected chi connectivity index (χ3v) is 4.16. The maximum absolute atomic E-state index is 9.21. The fraction of sp³-hybridized carbons (Fsp3) is 0.143. The van der Waals surface area contributed by atoms with E-state index in [0.717, 1.165) is 20.9 Å². The lowest BCUT2D eigenvalue weighted by Crippen LogP contribution is -1.86. The Morgan fingerprint density at radius 2 is 1.89 bits per heavy atom. The van der Waals surface area contributed by atoms with Crippen molar-refractivity contribution in [3.05, 3.63) is 52.5 Å². The normalized spacial score (nSPS) is 10.3. The SMILES string of the molecule is COc1ccc(CSc2ccc(O)cc2)cc1Br. The third-order valence-electron chi connectivity index (χ3n) is 2.46. The van der Waals surface area contributed by atoms with Crippen molar-refractivity contribution in [1.82, 2.24) is 0 Å². The first kappa shape index (κ1) is 13.3. The van der Waals surface area contributed by atoms with Crippen LogP contribution in [-0.2, 0) is 5.75 Å². The summed E-state index contributed by atoms with van der Waals surface area (Å²) in [4.78, 5) is 1.14. The molecule has 4 heteroatoms. The number of ether oxygens (including phenoxy) is 1. The van der Waals surface area contributed by atoms with E-state index >= 15 is 0 Å². The van der Waals surface area contributed by atoms with Gasteiger partial charge in [0.25, 0.3) is 0 Å². The second-order valence-corrected chi connectivity index (χ2v) is 5.65. The highest BCUT2D eigenvalue weighted by atomic mass is 79.9. The molecule has 0 bridgehead atoms. The first-order chi connectivity index (χ1) is 8.69. The van der Waals surface area contributed by atoms with Crippen molar-refractivity contribution in [3.63, 3.8) is 0 Å². The van der Waals surface area contributed by atoms with Gasteiger partial charge < -0.3 is 9.84 Å². The standard InChI is InChI=1S/C14H13BrO2S/c1-17-14-7-2-10(8-13(14)15)9-18-12-5-3-11(16)4-6-12/h2-8,16H,9H2,1H3. The number of hydrogen-bond donors (Lipinski definition) is 1. The quantitative estimate of drug-likeness (QED) is 0.842. The molecule has 0 aromatic heterocycles. The summed E-state index contributed by atoms with van der Waals surface area (Å²) < 4.78 is 6.16. The van der Waals surface area contributed by atoms with Gasteiger partial charge in [0.2, 0.25) is 0 Å². The summed E-state index contributed by atoms with van der Waals surface area (Å²) in [6.45, 7) is 0. The molecule has 1 N–H and O–H groups in total. The predicted molar refractivity (Wildman–Crippen MR) is 78.4 cm³/mol. The second-order valence-electron chi connectivity index (χ2n) is 3.75. The maximum Gasteiger partial charge on any atom is 0.133 e. The van der Waals surface area contributed by atoms with E-state index < -0.39 is 0 Å². The van der Waals surface area contributed by atoms with Gasteiger partial charge in [-0.1, -0.05) is 6.07 Å². The molecular weight excluding hydrogens is 312 g/mol. The van der Waals surface area contributed by atoms with Crippen LogP contribution >= 0.6 is 27.7 Å². The minimum Gasteiger partial charge on any atom is -0.508 e. The summed E-state index contributed by atoms with van der Waals surface area (Å²) in [7, 11) is 1.66. The number of methoxy groups -OCH3 is 1. The van der Waals surface area contributed by atoms with E-state index in [4.69, 9.17) is 4.74 Å². The summed E-state index contributed by atoms with van der Waals surface area (Å²) in [5.41, 5.74) is 1.22. The number of thioether (sulfide) groups is 1. The van der Waals surface area contributed by atoms with Crippen molar-refractivity contribution < 1.29 is 9.84 Å². The average Bonchev–Trinajstić information content (AvgIpc) is 2.38. The Kier molecular flexibility index (Phi) is 4.55. The van der Waals surface area contributed by atoms with Crippen LogP contribution in [0.25, 0.3) is 0 Å². The Labute approximate surface area is 119 Å². The van der Waals surface area contributed by atoms with Gasteiger partial charge in [0.05, 0.1) is 11.6 Å². The van der Waals surface area contributed by atoms with Gasteiger partial charge in [-0.3, -0.25) is 0 Å². The molecule has 2 rings (SSSR count). The van der Waals surface area contributed by atoms with Crippen molar-refractivity contribution in [2.24, 2.45) is 0 Å². The lowest BCUT2D eigenvalue weighted by molar-refractivity contribution is 0.412. The van der Waals surface area contributed by atoms with Crippen molar-refractivity contribution in [3.8, 4) is 11.5 Å². The van der Waals surface area contributed by atoms with E-state index in [1.807, 2.05) is 18.2 Å². The number of rotatable bonds is 4. The summed E-state index contributed by atoms with van der Waals surface area (Å²) in [6, 6.07) is 13.3. The number of halogens is 1. The molecule has 0 heterocycles. The lowest BCUT2D eigenvalue weighted by Gasteiger charge is -2.06. The van der Waals surface area contributed by atoms with Gasteiger partial charge in [0, 0.05) is 10.6 Å². The predicted octanol–water partition coefficient (Wildman–Crippen LogP) is 4.46. The number of hydrogen-bond acceptors (Lipinski definition) is 3. The van der Waals surface area contributed by atoms with Gasteiger partial charge in [0.1, 0.15) is 11.5 Å². The summed E-state index contributed by atoms with van der Waals surface area (Å²) in [5, 5.41) is 9.21. The molecule has 0 fully saturated rings. The molecular formula is C14H13BrO2S. The summed E-state index contributed by atoms with van der Waals surface area (Å²) in [5.74, 6) is 2.02. The van der Waals surface area contributed by atoms with Crippen LogP contribution in [0.5, 0.6) is 11.5 Å². The van der Waals surface area contributed by atoms with Crippen LogP contribution in [0.15, 0.2) is 51.8 Å². The molecule has 2 aromatic carbocycles. The molecule has 0 radical (unpaired) electrons. The monoisotopic (exact) mass is 324 g/mol. The number of aromatic hydroxyl groups is 1. The Bertz CT molecular complexity index is 526. The van der Waals surface area contributed by atoms with Crippen molar-refractivity contribution in [1.29, 1.82) is 0 Å². The number of phenolic OH excluding ortho intramolecular Hbond substituents is 1. The molecule has 0 amide bonds. The molecule has 0 saturated carbocycles. The van der Waals surface area contributed by atoms with Crippen LogP contribution in [0.1, 0.15) is 5.56 Å². The smallest absolute Gasteiger partial charge is 0.133 e. The molecule has 0 spiro atoms. The average molecular weight is 325 g/mol. The van der Waals surface area contributed by atoms with Gasteiger partial charge in [0.15, 0.2) is 0 Å². The van der Waals surface area contributed by atoms with E-state index in [2.05, 4.69) is 28.1 Å². The van der Waals surface area contributed by atoms with E-state index in [0.29, 0.717) is 5.75 Å². The Hall–Kier alpha value is -1.13. The Balaban J connectivity index is 2.02. The molecule has 0 aliphatic heterocycles. The fourth-order valence-corrected chi connectivity index (χ4v) is 2.94. The summed E-state index contributed by atoms with van der Waals surface area (Å²) in [6.07, 6.45) is 0. The van der Waals surface area contributed by atoms with Crippen LogP contribution in [0, 0.1) is 0 Å². The highest BCUT2D eigenvalue weighted by Gasteiger charge is 2.02. The van der Waals surface area contributed by atoms with Gasteiger partial charge in [-0.25, -0.2) is 0 Å². The molecule has 2 nitrogen and oxygen atoms in total. The largest absolute Gasteiger partial charge is 0.508 e. The van der Waals surface area contributed by atoms with E-state index in [1.165, 1.54) is 5.56 Å². The van der Waals surface area contributed by atoms with E-state index in [-0.39, 0.29) is 0 Å². The highest BCUT2D eigenvalue weighted by Crippen LogP contribution is 2.29. The van der Waals surface area contributed by atoms with Crippen LogP contribution in [0.3, 0.4) is 0 Å². The number of benzene rings is 2. The highest BCUT2D eigenvalue weighted by molar-refractivity contribution is 9.10. The summed E-state index contributed by atoms with van der Waals surface area (Å²) >= 11 is 5.21. The molecule has 18 heavy (non-hydrogen) atoms. The molecule has 0 aliphatic carbocycles. The molecule has 0 aliphatic rings. The first-order valence-corrected chi connectivity index (χ1v) is 7.21. The van der Waals surface area contributed by atoms with Gasteiger partial charge >= 0.3 is 0 Å². The fourth-order valence-electron chi connectivity index (χ4n) is 1.51. The van der Waals surface area contributed by atoms with Crippen LogP contribution < -0.4 is 4.74 Å². The zero-order valence-electron chi connectivity index (χ0n) is 9.89. The first-order valence-electron chi connectivity index (χ1n) is 5.43. The third kappa shape index (κ3) is 3.43. The molecule has 0 unspecified atom stereocenters. The lowest BCUT2D eigenvalue weighted by atomic mass is 10.2. The Morgan fingerprint density at radius 1 is 1.17 bits per heavy atom. The molecule has 0 saturated heterocycles. The van der Waals surface area contributed by atoms with Gasteiger partial charge in [-0.2, -0.15) is 0 Å². The van der Waals surface area contributed by atoms with Crippen molar-refractivity contribution >= 4 is 27.7 Å². The molecule has 2 aromatic rings. The minimum atomic E-state index is 0.298. The van der Waals surface area contributed by atoms with Crippen LogP contribution in [0.2, 0.25) is 0 Å². The van der Waals surface area contributed by atoms with Crippen molar-refractivity contribution in [2.45, 2.75) is 10.6 Å². The topological polar surface area (TPSA) is 29.5 Å². The van der Waals surface area contributed by atoms with Crippen LogP contribution in [0.4, 0.5) is 0 Å². The second kappa shape index (κ2) is 6.16. The molecule has 94 valence electrons. The number of phenols is 1. The van der Waals surface area contributed by atoms with E-state index in [1.54, 1.807) is 31.0 Å². The van der Waals surface area contributed by atoms with Crippen molar-refractivity contribution in [2.75, 3.05) is 7.11 Å².